The van der Waals surface area contributed by atoms with Crippen LogP contribution in [0.1, 0.15) is 0 Å². The predicted octanol–water partition coefficient (Wildman–Crippen LogP) is 11.6. The van der Waals surface area contributed by atoms with Gasteiger partial charge in [-0.05, 0) is 68.4 Å². The Morgan fingerprint density at radius 1 is 0.300 bits per heavy atom. The lowest BCUT2D eigenvalue weighted by Gasteiger charge is -2.14. The lowest BCUT2D eigenvalue weighted by atomic mass is 9.90. The summed E-state index contributed by atoms with van der Waals surface area (Å²) < 4.78 is 0. The van der Waals surface area contributed by atoms with Crippen molar-refractivity contribution in [2.45, 2.75) is 0 Å². The van der Waals surface area contributed by atoms with E-state index in [1.165, 1.54) is 33.0 Å². The molecule has 50 heavy (non-hydrogen) atoms. The molecular formula is C46H30N4. The number of rotatable bonds is 6. The van der Waals surface area contributed by atoms with E-state index in [0.717, 1.165) is 38.7 Å². The number of nitrogens with zero attached hydrogens (tertiary/aromatic N) is 4. The molecule has 0 unspecified atom stereocenters. The van der Waals surface area contributed by atoms with Crippen molar-refractivity contribution >= 4 is 21.7 Å². The van der Waals surface area contributed by atoms with E-state index in [2.05, 4.69) is 114 Å². The van der Waals surface area contributed by atoms with Crippen LogP contribution in [0, 0.1) is 0 Å². The van der Waals surface area contributed by atoms with Crippen LogP contribution >= 0.6 is 0 Å². The van der Waals surface area contributed by atoms with E-state index in [9.17, 15) is 0 Å². The summed E-state index contributed by atoms with van der Waals surface area (Å²) in [6, 6.07) is 61.2. The largest absolute Gasteiger partial charge is 0.256 e. The van der Waals surface area contributed by atoms with Gasteiger partial charge in [-0.2, -0.15) is 0 Å². The summed E-state index contributed by atoms with van der Waals surface area (Å²) in [6.07, 6.45) is 1.89. The third kappa shape index (κ3) is 5.59. The van der Waals surface area contributed by atoms with Crippen LogP contribution in [0.5, 0.6) is 0 Å². The van der Waals surface area contributed by atoms with E-state index < -0.39 is 0 Å². The number of aromatic nitrogens is 4. The number of hydrogen-bond donors (Lipinski definition) is 0. The zero-order chi connectivity index (χ0) is 33.3. The van der Waals surface area contributed by atoms with Gasteiger partial charge in [0, 0.05) is 28.3 Å². The fourth-order valence-corrected chi connectivity index (χ4v) is 6.63. The van der Waals surface area contributed by atoms with Crippen molar-refractivity contribution in [3.63, 3.8) is 0 Å². The Morgan fingerprint density at radius 3 is 1.22 bits per heavy atom. The number of pyridine rings is 1. The van der Waals surface area contributed by atoms with Crippen LogP contribution in [0.4, 0.5) is 0 Å². The van der Waals surface area contributed by atoms with E-state index in [-0.39, 0.29) is 0 Å². The molecule has 4 heteroatoms. The van der Waals surface area contributed by atoms with Gasteiger partial charge in [0.1, 0.15) is 0 Å². The van der Waals surface area contributed by atoms with Crippen LogP contribution in [0.3, 0.4) is 0 Å². The lowest BCUT2D eigenvalue weighted by Crippen LogP contribution is -2.00. The second-order valence-corrected chi connectivity index (χ2v) is 12.3. The molecule has 9 rings (SSSR count). The molecule has 4 nitrogen and oxygen atoms in total. The summed E-state index contributed by atoms with van der Waals surface area (Å²) in [6.45, 7) is 0. The second-order valence-electron chi connectivity index (χ2n) is 12.3. The molecule has 9 aromatic rings. The SMILES string of the molecule is c1ccc(-c2nc(-c3ccccc3)nc(-c3ccc(-c4cc5ccccc5cc4-c4ccc(-c5ccnc6ccccc56)cc4)cc3)n2)cc1. The molecule has 234 valence electrons. The van der Waals surface area contributed by atoms with Gasteiger partial charge in [-0.1, -0.05) is 152 Å². The standard InChI is InChI=1S/C46H30N4/c1-3-11-34(12-4-1)44-48-45(35-13-5-2-6-14-35)50-46(49-44)36-25-23-33(24-26-36)42-30-38-16-8-7-15-37(38)29-41(42)32-21-19-31(20-22-32)39-27-28-47-43-18-10-9-17-40(39)43/h1-30H. The minimum Gasteiger partial charge on any atom is -0.256 e. The Labute approximate surface area is 290 Å². The molecule has 0 amide bonds. The highest BCUT2D eigenvalue weighted by atomic mass is 15.0. The molecule has 0 saturated heterocycles. The zero-order valence-corrected chi connectivity index (χ0v) is 27.1. The molecule has 0 N–H and O–H groups in total. The van der Waals surface area contributed by atoms with Crippen molar-refractivity contribution in [1.82, 2.24) is 19.9 Å². The fraction of sp³-hybridized carbons (Fsp3) is 0. The van der Waals surface area contributed by atoms with Gasteiger partial charge < -0.3 is 0 Å². The molecular weight excluding hydrogens is 609 g/mol. The van der Waals surface area contributed by atoms with Gasteiger partial charge >= 0.3 is 0 Å². The van der Waals surface area contributed by atoms with Gasteiger partial charge in [-0.3, -0.25) is 4.98 Å². The van der Waals surface area contributed by atoms with Crippen molar-refractivity contribution < 1.29 is 0 Å². The van der Waals surface area contributed by atoms with E-state index in [1.807, 2.05) is 72.9 Å². The first kappa shape index (κ1) is 29.4. The van der Waals surface area contributed by atoms with Crippen LogP contribution < -0.4 is 0 Å². The monoisotopic (exact) mass is 638 g/mol. The number of hydrogen-bond acceptors (Lipinski definition) is 4. The smallest absolute Gasteiger partial charge is 0.164 e. The Kier molecular flexibility index (Phi) is 7.45. The summed E-state index contributed by atoms with van der Waals surface area (Å²) in [5, 5.41) is 3.56. The predicted molar refractivity (Wildman–Crippen MR) is 205 cm³/mol. The first-order valence-electron chi connectivity index (χ1n) is 16.7. The maximum Gasteiger partial charge on any atom is 0.164 e. The van der Waals surface area contributed by atoms with Gasteiger partial charge in [0.15, 0.2) is 17.5 Å². The average molecular weight is 639 g/mol. The van der Waals surface area contributed by atoms with Gasteiger partial charge in [0.05, 0.1) is 5.52 Å². The Morgan fingerprint density at radius 2 is 0.700 bits per heavy atom. The van der Waals surface area contributed by atoms with Crippen LogP contribution in [-0.2, 0) is 0 Å². The van der Waals surface area contributed by atoms with Gasteiger partial charge in [-0.15, -0.1) is 0 Å². The molecule has 0 radical (unpaired) electrons. The van der Waals surface area contributed by atoms with Crippen LogP contribution in [-0.4, -0.2) is 19.9 Å². The van der Waals surface area contributed by atoms with Crippen molar-refractivity contribution in [3.8, 4) is 67.5 Å². The molecule has 2 aromatic heterocycles. The van der Waals surface area contributed by atoms with Crippen molar-refractivity contribution in [3.05, 3.63) is 182 Å². The molecule has 0 aliphatic rings. The molecule has 0 aliphatic heterocycles. The van der Waals surface area contributed by atoms with E-state index >= 15 is 0 Å². The Hall–Kier alpha value is -6.78. The normalized spacial score (nSPS) is 11.2. The zero-order valence-electron chi connectivity index (χ0n) is 27.1. The maximum absolute atomic E-state index is 4.93. The second kappa shape index (κ2) is 12.7. The van der Waals surface area contributed by atoms with E-state index in [1.54, 1.807) is 0 Å². The molecule has 0 bridgehead atoms. The van der Waals surface area contributed by atoms with Crippen LogP contribution in [0.15, 0.2) is 182 Å². The van der Waals surface area contributed by atoms with Gasteiger partial charge in [-0.25, -0.2) is 15.0 Å². The molecule has 0 atom stereocenters. The molecule has 2 heterocycles. The first-order valence-corrected chi connectivity index (χ1v) is 16.7. The average Bonchev–Trinajstić information content (AvgIpc) is 3.21. The number of para-hydroxylation sites is 1. The molecule has 0 aliphatic carbocycles. The van der Waals surface area contributed by atoms with Crippen molar-refractivity contribution in [2.75, 3.05) is 0 Å². The molecule has 0 fully saturated rings. The summed E-state index contributed by atoms with van der Waals surface area (Å²) in [5.41, 5.74) is 10.8. The quantitative estimate of drug-likeness (QED) is 0.182. The Bertz CT molecular complexity index is 2550. The fourth-order valence-electron chi connectivity index (χ4n) is 6.63. The minimum absolute atomic E-state index is 0.641. The van der Waals surface area contributed by atoms with E-state index in [4.69, 9.17) is 15.0 Å². The minimum atomic E-state index is 0.641. The van der Waals surface area contributed by atoms with Gasteiger partial charge in [0.2, 0.25) is 0 Å². The van der Waals surface area contributed by atoms with Crippen molar-refractivity contribution in [1.29, 1.82) is 0 Å². The van der Waals surface area contributed by atoms with Crippen molar-refractivity contribution in [2.24, 2.45) is 0 Å². The summed E-state index contributed by atoms with van der Waals surface area (Å²) in [4.78, 5) is 19.3. The van der Waals surface area contributed by atoms with Crippen LogP contribution in [0.2, 0.25) is 0 Å². The topological polar surface area (TPSA) is 51.6 Å². The first-order chi connectivity index (χ1) is 24.8. The highest BCUT2D eigenvalue weighted by Crippen LogP contribution is 2.38. The summed E-state index contributed by atoms with van der Waals surface area (Å²) in [5.74, 6) is 1.94. The van der Waals surface area contributed by atoms with Crippen LogP contribution in [0.25, 0.3) is 89.2 Å². The summed E-state index contributed by atoms with van der Waals surface area (Å²) >= 11 is 0. The molecule has 0 saturated carbocycles. The number of fused-ring (bicyclic) bond motifs is 2. The Balaban J connectivity index is 1.12. The van der Waals surface area contributed by atoms with Gasteiger partial charge in [0.25, 0.3) is 0 Å². The molecule has 7 aromatic carbocycles. The maximum atomic E-state index is 4.93. The number of benzene rings is 7. The third-order valence-electron chi connectivity index (χ3n) is 9.20. The van der Waals surface area contributed by atoms with E-state index in [0.29, 0.717) is 17.5 Å². The highest BCUT2D eigenvalue weighted by molar-refractivity contribution is 5.98. The molecule has 0 spiro atoms. The lowest BCUT2D eigenvalue weighted by molar-refractivity contribution is 1.07. The third-order valence-corrected chi connectivity index (χ3v) is 9.20. The summed E-state index contributed by atoms with van der Waals surface area (Å²) in [7, 11) is 0. The highest BCUT2D eigenvalue weighted by Gasteiger charge is 2.15.